The lowest BCUT2D eigenvalue weighted by Crippen LogP contribution is -2.45. The first kappa shape index (κ1) is 15.0. The average molecular weight is 278 g/mol. The smallest absolute Gasteiger partial charge is 0.131 e. The molecule has 0 aliphatic carbocycles. The molecule has 1 saturated heterocycles. The van der Waals surface area contributed by atoms with Crippen LogP contribution in [0.4, 0.5) is 4.39 Å². The normalized spacial score (nSPS) is 17.7. The van der Waals surface area contributed by atoms with Gasteiger partial charge >= 0.3 is 0 Å². The minimum absolute atomic E-state index is 0.0475. The van der Waals surface area contributed by atoms with Crippen molar-refractivity contribution in [2.45, 2.75) is 18.9 Å². The molecule has 0 aromatic heterocycles. The van der Waals surface area contributed by atoms with Crippen molar-refractivity contribution in [1.82, 2.24) is 10.2 Å². The Morgan fingerprint density at radius 1 is 1.45 bits per heavy atom. The summed E-state index contributed by atoms with van der Waals surface area (Å²) in [5.41, 5.74) is 0.679. The lowest BCUT2D eigenvalue weighted by Gasteiger charge is -2.35. The van der Waals surface area contributed by atoms with E-state index in [4.69, 9.17) is 4.74 Å². The topological polar surface area (TPSA) is 24.5 Å². The Balaban J connectivity index is 2.31. The van der Waals surface area contributed by atoms with Crippen molar-refractivity contribution < 1.29 is 9.13 Å². The Kier molecular flexibility index (Phi) is 5.56. The first-order valence-electron chi connectivity index (χ1n) is 7.16. The van der Waals surface area contributed by atoms with E-state index >= 15 is 0 Å². The van der Waals surface area contributed by atoms with Crippen molar-refractivity contribution in [3.63, 3.8) is 0 Å². The summed E-state index contributed by atoms with van der Waals surface area (Å²) in [5.74, 6) is 0.453. The van der Waals surface area contributed by atoms with Crippen LogP contribution in [-0.2, 0) is 0 Å². The maximum absolute atomic E-state index is 14.3. The molecule has 1 N–H and O–H groups in total. The molecule has 1 aliphatic rings. The van der Waals surface area contributed by atoms with Gasteiger partial charge in [0.05, 0.1) is 7.11 Å². The lowest BCUT2D eigenvalue weighted by atomic mass is 9.98. The monoisotopic (exact) mass is 278 g/mol. The number of hydrogen-bond donors (Lipinski definition) is 1. The van der Waals surface area contributed by atoms with Crippen LogP contribution in [0.2, 0.25) is 0 Å². The molecule has 0 spiro atoms. The summed E-state index contributed by atoms with van der Waals surface area (Å²) in [6, 6.07) is 5.09. The quantitative estimate of drug-likeness (QED) is 0.810. The molecule has 1 atom stereocenters. The van der Waals surface area contributed by atoms with Gasteiger partial charge in [-0.15, -0.1) is 6.58 Å². The Bertz CT molecular complexity index is 444. The molecular weight excluding hydrogens is 255 g/mol. The van der Waals surface area contributed by atoms with E-state index in [0.717, 1.165) is 39.0 Å². The fourth-order valence-electron chi connectivity index (χ4n) is 2.80. The van der Waals surface area contributed by atoms with Crippen LogP contribution in [-0.4, -0.2) is 38.2 Å². The van der Waals surface area contributed by atoms with Gasteiger partial charge in [-0.1, -0.05) is 12.1 Å². The molecule has 20 heavy (non-hydrogen) atoms. The third-order valence-corrected chi connectivity index (χ3v) is 3.80. The summed E-state index contributed by atoms with van der Waals surface area (Å²) in [6.07, 6.45) is 3.62. The van der Waals surface area contributed by atoms with Crippen LogP contribution >= 0.6 is 0 Å². The number of nitrogens with zero attached hydrogens (tertiary/aromatic N) is 1. The van der Waals surface area contributed by atoms with Crippen molar-refractivity contribution in [2.24, 2.45) is 0 Å². The number of methoxy groups -OCH3 is 1. The van der Waals surface area contributed by atoms with Crippen LogP contribution in [0.25, 0.3) is 0 Å². The van der Waals surface area contributed by atoms with Gasteiger partial charge in [-0.25, -0.2) is 4.39 Å². The maximum Gasteiger partial charge on any atom is 0.131 e. The molecule has 110 valence electrons. The highest BCUT2D eigenvalue weighted by Gasteiger charge is 2.26. The molecule has 1 aromatic rings. The van der Waals surface area contributed by atoms with Crippen LogP contribution in [0.15, 0.2) is 30.9 Å². The third-order valence-electron chi connectivity index (χ3n) is 3.80. The largest absolute Gasteiger partial charge is 0.496 e. The average Bonchev–Trinajstić information content (AvgIpc) is 2.50. The molecule has 1 aromatic carbocycles. The molecule has 4 heteroatoms. The van der Waals surface area contributed by atoms with E-state index in [1.807, 2.05) is 12.1 Å². The molecule has 0 unspecified atom stereocenters. The van der Waals surface area contributed by atoms with Gasteiger partial charge in [0.2, 0.25) is 0 Å². The van der Waals surface area contributed by atoms with Gasteiger partial charge in [-0.2, -0.15) is 0 Å². The van der Waals surface area contributed by atoms with Crippen molar-refractivity contribution in [3.05, 3.63) is 42.2 Å². The molecule has 1 fully saturated rings. The second-order valence-electron chi connectivity index (χ2n) is 5.02. The Morgan fingerprint density at radius 2 is 2.20 bits per heavy atom. The standard InChI is InChI=1S/C16H23FN2O/c1-3-4-7-14(19-11-9-18-10-12-19)16-13(17)6-5-8-15(16)20-2/h3,5-6,8,14,18H,1,4,7,9-12H2,2H3/t14-/m1/s1. The first-order valence-corrected chi connectivity index (χ1v) is 7.16. The van der Waals surface area contributed by atoms with E-state index in [1.165, 1.54) is 6.07 Å². The Labute approximate surface area is 120 Å². The van der Waals surface area contributed by atoms with Gasteiger partial charge in [-0.3, -0.25) is 4.90 Å². The van der Waals surface area contributed by atoms with Gasteiger partial charge in [0.15, 0.2) is 0 Å². The van der Waals surface area contributed by atoms with Crippen molar-refractivity contribution in [2.75, 3.05) is 33.3 Å². The number of allylic oxidation sites excluding steroid dienone is 1. The maximum atomic E-state index is 14.3. The van der Waals surface area contributed by atoms with E-state index in [1.54, 1.807) is 13.2 Å². The van der Waals surface area contributed by atoms with Crippen molar-refractivity contribution in [1.29, 1.82) is 0 Å². The fourth-order valence-corrected chi connectivity index (χ4v) is 2.80. The first-order chi connectivity index (χ1) is 9.77. The Hall–Kier alpha value is -1.39. The highest BCUT2D eigenvalue weighted by atomic mass is 19.1. The summed E-state index contributed by atoms with van der Waals surface area (Å²) in [7, 11) is 1.60. The van der Waals surface area contributed by atoms with Gasteiger partial charge in [0, 0.05) is 37.8 Å². The number of piperazine rings is 1. The molecule has 0 radical (unpaired) electrons. The number of ether oxygens (including phenoxy) is 1. The van der Waals surface area contributed by atoms with E-state index in [0.29, 0.717) is 11.3 Å². The molecule has 1 heterocycles. The van der Waals surface area contributed by atoms with Crippen molar-refractivity contribution in [3.8, 4) is 5.75 Å². The highest BCUT2D eigenvalue weighted by molar-refractivity contribution is 5.37. The number of rotatable bonds is 6. The van der Waals surface area contributed by atoms with E-state index in [9.17, 15) is 4.39 Å². The summed E-state index contributed by atoms with van der Waals surface area (Å²) in [4.78, 5) is 2.33. The molecule has 0 saturated carbocycles. The van der Waals surface area contributed by atoms with Gasteiger partial charge in [-0.05, 0) is 25.0 Å². The minimum atomic E-state index is -0.183. The van der Waals surface area contributed by atoms with E-state index < -0.39 is 0 Å². The van der Waals surface area contributed by atoms with Crippen molar-refractivity contribution >= 4 is 0 Å². The molecular formula is C16H23FN2O. The minimum Gasteiger partial charge on any atom is -0.496 e. The molecule has 2 rings (SSSR count). The second-order valence-corrected chi connectivity index (χ2v) is 5.02. The summed E-state index contributed by atoms with van der Waals surface area (Å²) in [5, 5.41) is 3.33. The van der Waals surface area contributed by atoms with Gasteiger partial charge in [0.25, 0.3) is 0 Å². The predicted octanol–water partition coefficient (Wildman–Crippen LogP) is 2.75. The summed E-state index contributed by atoms with van der Waals surface area (Å²) >= 11 is 0. The number of nitrogens with one attached hydrogen (secondary N) is 1. The van der Waals surface area contributed by atoms with E-state index in [-0.39, 0.29) is 11.9 Å². The summed E-state index contributed by atoms with van der Waals surface area (Å²) in [6.45, 7) is 7.53. The second kappa shape index (κ2) is 7.41. The van der Waals surface area contributed by atoms with Crippen LogP contribution in [0.1, 0.15) is 24.4 Å². The Morgan fingerprint density at radius 3 is 2.85 bits per heavy atom. The predicted molar refractivity (Wildman–Crippen MR) is 79.6 cm³/mol. The van der Waals surface area contributed by atoms with Crippen LogP contribution in [0.5, 0.6) is 5.75 Å². The number of halogens is 1. The van der Waals surface area contributed by atoms with Crippen LogP contribution in [0, 0.1) is 5.82 Å². The molecule has 0 amide bonds. The van der Waals surface area contributed by atoms with E-state index in [2.05, 4.69) is 16.8 Å². The number of benzene rings is 1. The molecule has 1 aliphatic heterocycles. The zero-order valence-corrected chi connectivity index (χ0v) is 12.1. The zero-order chi connectivity index (χ0) is 14.4. The lowest BCUT2D eigenvalue weighted by molar-refractivity contribution is 0.160. The fraction of sp³-hybridized carbons (Fsp3) is 0.500. The molecule has 3 nitrogen and oxygen atoms in total. The zero-order valence-electron chi connectivity index (χ0n) is 12.1. The van der Waals surface area contributed by atoms with Gasteiger partial charge < -0.3 is 10.1 Å². The van der Waals surface area contributed by atoms with Gasteiger partial charge in [0.1, 0.15) is 11.6 Å². The third kappa shape index (κ3) is 3.38. The summed E-state index contributed by atoms with van der Waals surface area (Å²) < 4.78 is 19.7. The highest BCUT2D eigenvalue weighted by Crippen LogP contribution is 2.35. The molecule has 0 bridgehead atoms. The van der Waals surface area contributed by atoms with Crippen LogP contribution in [0.3, 0.4) is 0 Å². The van der Waals surface area contributed by atoms with Crippen LogP contribution < -0.4 is 10.1 Å². The SMILES string of the molecule is C=CCC[C@H](c1c(F)cccc1OC)N1CCNCC1. The number of hydrogen-bond acceptors (Lipinski definition) is 3.